The molecule has 13 heavy (non-hydrogen) atoms. The zero-order valence-corrected chi connectivity index (χ0v) is 7.57. The molecule has 2 rings (SSSR count). The molecular weight excluding hydrogens is 166 g/mol. The number of aryl methyl sites for hydroxylation is 2. The number of nitrogens with two attached hydrogens (primary N) is 1. The van der Waals surface area contributed by atoms with Crippen LogP contribution in [0.1, 0.15) is 11.4 Å². The molecule has 0 spiro atoms. The van der Waals surface area contributed by atoms with E-state index in [0.717, 1.165) is 22.9 Å². The van der Waals surface area contributed by atoms with Gasteiger partial charge < -0.3 is 5.43 Å². The van der Waals surface area contributed by atoms with E-state index in [1.165, 1.54) is 0 Å². The molecule has 0 aliphatic heterocycles. The average Bonchev–Trinajstić information content (AvgIpc) is 2.43. The Hall–Kier alpha value is -1.62. The van der Waals surface area contributed by atoms with E-state index in [1.54, 1.807) is 4.52 Å². The van der Waals surface area contributed by atoms with Crippen molar-refractivity contribution >= 4 is 11.5 Å². The summed E-state index contributed by atoms with van der Waals surface area (Å²) in [6.45, 7) is 3.84. The summed E-state index contributed by atoms with van der Waals surface area (Å²) >= 11 is 0. The minimum absolute atomic E-state index is 0.746. The zero-order chi connectivity index (χ0) is 9.42. The van der Waals surface area contributed by atoms with Crippen molar-refractivity contribution in [2.24, 2.45) is 5.84 Å². The topological polar surface area (TPSA) is 68.2 Å². The van der Waals surface area contributed by atoms with Crippen LogP contribution >= 0.6 is 0 Å². The number of hydrazine groups is 1. The minimum atomic E-state index is 0.746. The van der Waals surface area contributed by atoms with Gasteiger partial charge in [0.1, 0.15) is 5.82 Å². The highest BCUT2D eigenvalue weighted by Crippen LogP contribution is 2.11. The Kier molecular flexibility index (Phi) is 1.66. The van der Waals surface area contributed by atoms with Crippen LogP contribution in [0.15, 0.2) is 12.1 Å². The van der Waals surface area contributed by atoms with Crippen LogP contribution in [0, 0.1) is 13.8 Å². The van der Waals surface area contributed by atoms with Crippen LogP contribution in [0.25, 0.3) is 5.65 Å². The Bertz CT molecular complexity index is 445. The highest BCUT2D eigenvalue weighted by molar-refractivity contribution is 5.49. The first-order valence-corrected chi connectivity index (χ1v) is 4.01. The average molecular weight is 177 g/mol. The van der Waals surface area contributed by atoms with Gasteiger partial charge in [0, 0.05) is 17.8 Å². The molecule has 0 saturated carbocycles. The summed E-state index contributed by atoms with van der Waals surface area (Å²) in [6.07, 6.45) is 0. The Morgan fingerprint density at radius 1 is 1.31 bits per heavy atom. The molecule has 2 heterocycles. The minimum Gasteiger partial charge on any atom is -0.308 e. The van der Waals surface area contributed by atoms with Crippen LogP contribution in [0.5, 0.6) is 0 Å². The quantitative estimate of drug-likeness (QED) is 0.495. The summed E-state index contributed by atoms with van der Waals surface area (Å²) in [6, 6.07) is 3.76. The van der Waals surface area contributed by atoms with Crippen LogP contribution in [-0.2, 0) is 0 Å². The zero-order valence-electron chi connectivity index (χ0n) is 7.57. The fourth-order valence-corrected chi connectivity index (χ4v) is 1.32. The van der Waals surface area contributed by atoms with Crippen molar-refractivity contribution < 1.29 is 0 Å². The second kappa shape index (κ2) is 2.70. The predicted molar refractivity (Wildman–Crippen MR) is 50.3 cm³/mol. The van der Waals surface area contributed by atoms with Crippen LogP contribution in [0.4, 0.5) is 5.82 Å². The maximum atomic E-state index is 5.36. The molecule has 0 atom stereocenters. The molecule has 0 radical (unpaired) electrons. The molecule has 0 aliphatic rings. The van der Waals surface area contributed by atoms with Crippen LogP contribution < -0.4 is 11.3 Å². The van der Waals surface area contributed by atoms with Crippen molar-refractivity contribution in [2.75, 3.05) is 5.43 Å². The summed E-state index contributed by atoms with van der Waals surface area (Å²) in [5.74, 6) is 6.10. The van der Waals surface area contributed by atoms with Gasteiger partial charge in [0.2, 0.25) is 0 Å². The Labute approximate surface area is 75.5 Å². The van der Waals surface area contributed by atoms with Gasteiger partial charge in [-0.25, -0.2) is 10.8 Å². The van der Waals surface area contributed by atoms with Gasteiger partial charge in [0.05, 0.1) is 5.69 Å². The largest absolute Gasteiger partial charge is 0.308 e. The lowest BCUT2D eigenvalue weighted by Crippen LogP contribution is -2.12. The molecule has 3 N–H and O–H groups in total. The molecule has 0 unspecified atom stereocenters. The van der Waals surface area contributed by atoms with Gasteiger partial charge in [0.25, 0.3) is 0 Å². The van der Waals surface area contributed by atoms with Gasteiger partial charge in [-0.3, -0.25) is 0 Å². The van der Waals surface area contributed by atoms with Gasteiger partial charge >= 0.3 is 0 Å². The molecule has 5 heteroatoms. The van der Waals surface area contributed by atoms with Crippen molar-refractivity contribution in [1.29, 1.82) is 0 Å². The molecule has 0 fully saturated rings. The van der Waals surface area contributed by atoms with Gasteiger partial charge in [-0.15, -0.1) is 0 Å². The molecule has 0 amide bonds. The molecule has 2 aromatic rings. The number of hydrogen-bond acceptors (Lipinski definition) is 4. The van der Waals surface area contributed by atoms with Crippen LogP contribution in [0.3, 0.4) is 0 Å². The van der Waals surface area contributed by atoms with Crippen molar-refractivity contribution in [3.05, 3.63) is 23.5 Å². The lowest BCUT2D eigenvalue weighted by atomic mass is 10.4. The first kappa shape index (κ1) is 8.00. The SMILES string of the molecule is Cc1cc(NN)n2nc(C)cc2n1. The molecule has 0 aliphatic carbocycles. The number of anilines is 1. The maximum absolute atomic E-state index is 5.36. The summed E-state index contributed by atoms with van der Waals surface area (Å²) in [5.41, 5.74) is 5.24. The van der Waals surface area contributed by atoms with E-state index in [-0.39, 0.29) is 0 Å². The smallest absolute Gasteiger partial charge is 0.157 e. The normalized spacial score (nSPS) is 10.7. The summed E-state index contributed by atoms with van der Waals surface area (Å²) in [5, 5.41) is 4.24. The third kappa shape index (κ3) is 1.23. The molecular formula is C8H11N5. The van der Waals surface area contributed by atoms with E-state index in [2.05, 4.69) is 15.5 Å². The number of nitrogen functional groups attached to an aromatic ring is 1. The molecule has 68 valence electrons. The number of nitrogens with one attached hydrogen (secondary N) is 1. The predicted octanol–water partition coefficient (Wildman–Crippen LogP) is 0.632. The van der Waals surface area contributed by atoms with Gasteiger partial charge in [-0.05, 0) is 13.8 Å². The highest BCUT2D eigenvalue weighted by Gasteiger charge is 2.04. The number of hydrogen-bond donors (Lipinski definition) is 2. The van der Waals surface area contributed by atoms with Crippen LogP contribution in [0.2, 0.25) is 0 Å². The lowest BCUT2D eigenvalue weighted by Gasteiger charge is -2.03. The second-order valence-electron chi connectivity index (χ2n) is 2.98. The van der Waals surface area contributed by atoms with Gasteiger partial charge in [-0.2, -0.15) is 9.61 Å². The third-order valence-corrected chi connectivity index (χ3v) is 1.83. The van der Waals surface area contributed by atoms with E-state index < -0.39 is 0 Å². The number of rotatable bonds is 1. The van der Waals surface area contributed by atoms with E-state index in [1.807, 2.05) is 26.0 Å². The Morgan fingerprint density at radius 3 is 2.77 bits per heavy atom. The molecule has 0 bridgehead atoms. The number of fused-ring (bicyclic) bond motifs is 1. The van der Waals surface area contributed by atoms with Gasteiger partial charge in [0.15, 0.2) is 5.65 Å². The van der Waals surface area contributed by atoms with E-state index in [9.17, 15) is 0 Å². The fraction of sp³-hybridized carbons (Fsp3) is 0.250. The molecule has 2 aromatic heterocycles. The van der Waals surface area contributed by atoms with Gasteiger partial charge in [-0.1, -0.05) is 0 Å². The van der Waals surface area contributed by atoms with E-state index in [4.69, 9.17) is 5.84 Å². The first-order chi connectivity index (χ1) is 6.20. The number of aromatic nitrogens is 3. The maximum Gasteiger partial charge on any atom is 0.157 e. The third-order valence-electron chi connectivity index (χ3n) is 1.83. The monoisotopic (exact) mass is 177 g/mol. The summed E-state index contributed by atoms with van der Waals surface area (Å²) < 4.78 is 1.68. The Balaban J connectivity index is 2.80. The van der Waals surface area contributed by atoms with E-state index >= 15 is 0 Å². The molecule has 5 nitrogen and oxygen atoms in total. The summed E-state index contributed by atoms with van der Waals surface area (Å²) in [4.78, 5) is 4.31. The molecule has 0 saturated heterocycles. The highest BCUT2D eigenvalue weighted by atomic mass is 15.4. The standard InChI is InChI=1S/C8H11N5/c1-5-3-8(11-9)13-7(10-5)4-6(2)12-13/h3-4,11H,9H2,1-2H3. The van der Waals surface area contributed by atoms with Crippen molar-refractivity contribution in [1.82, 2.24) is 14.6 Å². The molecule has 0 aromatic carbocycles. The van der Waals surface area contributed by atoms with Crippen LogP contribution in [-0.4, -0.2) is 14.6 Å². The second-order valence-corrected chi connectivity index (χ2v) is 2.98. The lowest BCUT2D eigenvalue weighted by molar-refractivity contribution is 0.908. The summed E-state index contributed by atoms with van der Waals surface area (Å²) in [7, 11) is 0. The Morgan fingerprint density at radius 2 is 2.08 bits per heavy atom. The van der Waals surface area contributed by atoms with Crippen molar-refractivity contribution in [3.63, 3.8) is 0 Å². The first-order valence-electron chi connectivity index (χ1n) is 4.01. The fourth-order valence-electron chi connectivity index (χ4n) is 1.32. The van der Waals surface area contributed by atoms with Crippen molar-refractivity contribution in [2.45, 2.75) is 13.8 Å². The number of nitrogens with zero attached hydrogens (tertiary/aromatic N) is 3. The van der Waals surface area contributed by atoms with Crippen molar-refractivity contribution in [3.8, 4) is 0 Å². The van der Waals surface area contributed by atoms with E-state index in [0.29, 0.717) is 0 Å².